The molecule has 3 fully saturated rings. The van der Waals surface area contributed by atoms with Crippen LogP contribution < -0.4 is 5.32 Å². The highest BCUT2D eigenvalue weighted by molar-refractivity contribution is 5.76. The van der Waals surface area contributed by atoms with Crippen molar-refractivity contribution >= 4 is 5.91 Å². The Kier molecular flexibility index (Phi) is 59.1. The van der Waals surface area contributed by atoms with E-state index in [0.717, 1.165) is 51.4 Å². The number of hydrogen-bond acceptors (Lipinski definition) is 18. The lowest BCUT2D eigenvalue weighted by molar-refractivity contribution is -0.379. The molecule has 0 aromatic heterocycles. The van der Waals surface area contributed by atoms with E-state index in [-0.39, 0.29) is 18.9 Å². The van der Waals surface area contributed by atoms with Gasteiger partial charge >= 0.3 is 0 Å². The van der Waals surface area contributed by atoms with Crippen LogP contribution in [0.3, 0.4) is 0 Å². The van der Waals surface area contributed by atoms with Crippen molar-refractivity contribution in [2.45, 2.75) is 439 Å². The van der Waals surface area contributed by atoms with E-state index >= 15 is 0 Å². The van der Waals surface area contributed by atoms with Crippen molar-refractivity contribution in [3.8, 4) is 0 Å². The van der Waals surface area contributed by atoms with Crippen LogP contribution in [0, 0.1) is 0 Å². The van der Waals surface area contributed by atoms with Crippen LogP contribution in [0.25, 0.3) is 0 Å². The summed E-state index contributed by atoms with van der Waals surface area (Å²) in [6, 6.07) is -0.994. The number of allylic oxidation sites excluding steroid dienone is 9. The summed E-state index contributed by atoms with van der Waals surface area (Å²) in [6.45, 7) is 1.75. The van der Waals surface area contributed by atoms with Gasteiger partial charge in [-0.2, -0.15) is 0 Å². The van der Waals surface area contributed by atoms with E-state index in [1.54, 1.807) is 6.08 Å². The Balaban J connectivity index is 1.38. The summed E-state index contributed by atoms with van der Waals surface area (Å²) in [6.07, 6.45) is 56.4. The van der Waals surface area contributed by atoms with E-state index in [0.29, 0.717) is 12.8 Å². The maximum atomic E-state index is 13.5. The summed E-state index contributed by atoms with van der Waals surface area (Å²) in [5.74, 6) is -0.283. The SMILES string of the molecule is CCCCCCC/C=C\C/C=C\C/C=C\CCCCCCCCCCCCCCCCC(=O)NC(COC1OC(CO)C(OC2OC(CO)C(OC3OC(CO)C(O)C(O)C3O)C(O)C2O)C(O)C1O)C(O)/C=C/CC/C=C/CCCCCCCCCCCCCCCCCCCCCCCCC. The Hall–Kier alpha value is -2.51. The quantitative estimate of drug-likeness (QED) is 0.0199. The Morgan fingerprint density at radius 3 is 1.04 bits per heavy atom. The number of nitrogens with one attached hydrogen (secondary N) is 1. The number of carbonyl (C=O) groups is 1. The number of aliphatic hydroxyl groups excluding tert-OH is 11. The van der Waals surface area contributed by atoms with Crippen molar-refractivity contribution in [2.75, 3.05) is 26.4 Å². The molecule has 0 aliphatic carbocycles. The zero-order valence-corrected chi connectivity index (χ0v) is 64.5. The molecule has 0 aromatic carbocycles. The van der Waals surface area contributed by atoms with Crippen LogP contribution in [-0.4, -0.2) is 193 Å². The second kappa shape index (κ2) is 64.3. The maximum absolute atomic E-state index is 13.5. The van der Waals surface area contributed by atoms with E-state index < -0.39 is 124 Å². The maximum Gasteiger partial charge on any atom is 0.220 e. The predicted octanol–water partition coefficient (Wildman–Crippen LogP) is 14.6. The van der Waals surface area contributed by atoms with Crippen LogP contribution in [0.5, 0.6) is 0 Å². The Morgan fingerprint density at radius 2 is 0.650 bits per heavy atom. The van der Waals surface area contributed by atoms with Crippen LogP contribution >= 0.6 is 0 Å². The summed E-state index contributed by atoms with van der Waals surface area (Å²) in [4.78, 5) is 13.5. The number of carbonyl (C=O) groups excluding carboxylic acids is 1. The van der Waals surface area contributed by atoms with Crippen molar-refractivity contribution < 1.29 is 89.4 Å². The van der Waals surface area contributed by atoms with Gasteiger partial charge in [0.15, 0.2) is 18.9 Å². The monoisotopic (exact) mass is 1460 g/mol. The molecular weight excluding hydrogens is 1310 g/mol. The van der Waals surface area contributed by atoms with Gasteiger partial charge in [0.05, 0.1) is 38.6 Å². The number of rotatable bonds is 67. The average Bonchev–Trinajstić information content (AvgIpc) is 0.781. The van der Waals surface area contributed by atoms with Crippen molar-refractivity contribution in [1.29, 1.82) is 0 Å². The normalized spacial score (nSPS) is 26.3. The molecule has 12 N–H and O–H groups in total. The Bertz CT molecular complexity index is 2090. The van der Waals surface area contributed by atoms with Crippen molar-refractivity contribution in [2.24, 2.45) is 0 Å². The fourth-order valence-electron chi connectivity index (χ4n) is 14.0. The molecule has 0 spiro atoms. The first-order valence-corrected chi connectivity index (χ1v) is 42.0. The third-order valence-electron chi connectivity index (χ3n) is 20.8. The summed E-state index contributed by atoms with van der Waals surface area (Å²) in [5, 5.41) is 121. The first-order valence-electron chi connectivity index (χ1n) is 42.0. The van der Waals surface area contributed by atoms with E-state index in [1.165, 1.54) is 250 Å². The van der Waals surface area contributed by atoms with Crippen molar-refractivity contribution in [3.05, 3.63) is 60.8 Å². The van der Waals surface area contributed by atoms with E-state index in [1.807, 2.05) is 6.08 Å². The fraction of sp³-hybridized carbons (Fsp3) is 0.869. The van der Waals surface area contributed by atoms with Gasteiger partial charge in [-0.25, -0.2) is 0 Å². The van der Waals surface area contributed by atoms with E-state index in [4.69, 9.17) is 28.4 Å². The first-order chi connectivity index (χ1) is 50.3. The molecular formula is C84H153NO18. The van der Waals surface area contributed by atoms with Gasteiger partial charge in [-0.3, -0.25) is 4.79 Å². The molecule has 3 aliphatic heterocycles. The topological polar surface area (TPSA) is 307 Å². The molecule has 17 unspecified atom stereocenters. The van der Waals surface area contributed by atoms with Crippen LogP contribution in [0.1, 0.15) is 335 Å². The summed E-state index contributed by atoms with van der Waals surface area (Å²) < 4.78 is 34.5. The summed E-state index contributed by atoms with van der Waals surface area (Å²) in [7, 11) is 0. The lowest BCUT2D eigenvalue weighted by Crippen LogP contribution is -2.66. The molecule has 103 heavy (non-hydrogen) atoms. The molecule has 3 aliphatic rings. The van der Waals surface area contributed by atoms with Crippen LogP contribution in [0.15, 0.2) is 60.8 Å². The number of unbranched alkanes of at least 4 members (excludes halogenated alkanes) is 43. The second-order valence-corrected chi connectivity index (χ2v) is 29.9. The number of amides is 1. The van der Waals surface area contributed by atoms with Gasteiger partial charge in [-0.15, -0.1) is 0 Å². The average molecular weight is 1470 g/mol. The summed E-state index contributed by atoms with van der Waals surface area (Å²) >= 11 is 0. The van der Waals surface area contributed by atoms with Crippen LogP contribution in [0.2, 0.25) is 0 Å². The van der Waals surface area contributed by atoms with Gasteiger partial charge in [0.2, 0.25) is 5.91 Å². The Morgan fingerprint density at radius 1 is 0.350 bits per heavy atom. The molecule has 3 rings (SSSR count). The molecule has 19 nitrogen and oxygen atoms in total. The van der Waals surface area contributed by atoms with Gasteiger partial charge in [0, 0.05) is 6.42 Å². The molecule has 1 amide bonds. The van der Waals surface area contributed by atoms with Crippen LogP contribution in [0.4, 0.5) is 0 Å². The third-order valence-corrected chi connectivity index (χ3v) is 20.8. The molecule has 17 atom stereocenters. The zero-order valence-electron chi connectivity index (χ0n) is 64.5. The number of hydrogen-bond donors (Lipinski definition) is 12. The summed E-state index contributed by atoms with van der Waals surface area (Å²) in [5.41, 5.74) is 0. The van der Waals surface area contributed by atoms with Gasteiger partial charge in [0.25, 0.3) is 0 Å². The molecule has 19 heteroatoms. The van der Waals surface area contributed by atoms with Gasteiger partial charge in [-0.1, -0.05) is 319 Å². The van der Waals surface area contributed by atoms with Crippen LogP contribution in [-0.2, 0) is 33.2 Å². The number of ether oxygens (including phenoxy) is 6. The minimum atomic E-state index is -1.98. The van der Waals surface area contributed by atoms with Gasteiger partial charge in [0.1, 0.15) is 73.2 Å². The minimum absolute atomic E-state index is 0.234. The standard InChI is InChI=1S/C84H153NO18/c1-3-5-7-9-11-13-15-17-19-21-23-25-27-29-31-33-35-37-39-41-43-45-47-49-51-53-55-57-59-61-68(89)67(85-72(90)62-60-58-56-54-52-50-48-46-44-42-40-38-36-34-32-30-28-26-24-22-20-18-16-14-12-10-8-6-4-2)66-98-82-78(96)75(93)80(70(64-87)100-82)103-84-79(97)76(94)81(71(65-88)101-84)102-83-77(95)74(92)73(91)69(63-86)99-83/h16,18,22,24,28,30,51,53,59,61,67-71,73-84,86-89,91-97H,3-15,17,19-21,23,25-27,29,31-50,52,54-58,60,62-66H2,1-2H3,(H,85,90)/b18-16-,24-22-,30-28-,53-51+,61-59+. The lowest BCUT2D eigenvalue weighted by Gasteiger charge is -2.48. The molecule has 0 radical (unpaired) electrons. The smallest absolute Gasteiger partial charge is 0.220 e. The molecule has 3 saturated heterocycles. The molecule has 0 saturated carbocycles. The number of aliphatic hydroxyl groups is 11. The van der Waals surface area contributed by atoms with E-state index in [2.05, 4.69) is 67.8 Å². The molecule has 3 heterocycles. The minimum Gasteiger partial charge on any atom is -0.394 e. The molecule has 602 valence electrons. The predicted molar refractivity (Wildman–Crippen MR) is 411 cm³/mol. The van der Waals surface area contributed by atoms with Gasteiger partial charge < -0.3 is 89.9 Å². The highest BCUT2D eigenvalue weighted by Crippen LogP contribution is 2.33. The third kappa shape index (κ3) is 44.1. The van der Waals surface area contributed by atoms with E-state index in [9.17, 15) is 61.0 Å². The highest BCUT2D eigenvalue weighted by Gasteiger charge is 2.54. The zero-order chi connectivity index (χ0) is 74.6. The van der Waals surface area contributed by atoms with Crippen molar-refractivity contribution in [1.82, 2.24) is 5.32 Å². The lowest BCUT2D eigenvalue weighted by atomic mass is 9.96. The highest BCUT2D eigenvalue weighted by atomic mass is 16.8. The Labute approximate surface area is 624 Å². The first kappa shape index (κ1) is 94.7. The fourth-order valence-corrected chi connectivity index (χ4v) is 14.0. The molecule has 0 bridgehead atoms. The second-order valence-electron chi connectivity index (χ2n) is 29.9. The molecule has 0 aromatic rings. The van der Waals surface area contributed by atoms with Crippen molar-refractivity contribution in [3.63, 3.8) is 0 Å². The van der Waals surface area contributed by atoms with Gasteiger partial charge in [-0.05, 0) is 70.6 Å². The largest absolute Gasteiger partial charge is 0.394 e.